The van der Waals surface area contributed by atoms with Gasteiger partial charge in [0.05, 0.1) is 13.2 Å². The number of hydrogen-bond acceptors (Lipinski definition) is 4. The van der Waals surface area contributed by atoms with Gasteiger partial charge in [-0.15, -0.1) is 0 Å². The molecule has 3 N–H and O–H groups in total. The van der Waals surface area contributed by atoms with E-state index in [1.54, 1.807) is 0 Å². The van der Waals surface area contributed by atoms with Gasteiger partial charge in [0.2, 0.25) is 5.91 Å². The van der Waals surface area contributed by atoms with Gasteiger partial charge < -0.3 is 15.8 Å². The van der Waals surface area contributed by atoms with Crippen molar-refractivity contribution in [1.82, 2.24) is 10.2 Å². The van der Waals surface area contributed by atoms with Crippen molar-refractivity contribution < 1.29 is 9.53 Å². The summed E-state index contributed by atoms with van der Waals surface area (Å²) in [6.07, 6.45) is 6.81. The molecule has 0 unspecified atom stereocenters. The number of carbonyl (C=O) groups excluding carboxylic acids is 1. The lowest BCUT2D eigenvalue weighted by atomic mass is 9.73. The topological polar surface area (TPSA) is 67.6 Å². The fourth-order valence-corrected chi connectivity index (χ4v) is 3.43. The fourth-order valence-electron chi connectivity index (χ4n) is 3.43. The van der Waals surface area contributed by atoms with Gasteiger partial charge in [0.15, 0.2) is 0 Å². The molecule has 116 valence electrons. The van der Waals surface area contributed by atoms with E-state index in [0.717, 1.165) is 39.4 Å². The monoisotopic (exact) mass is 283 g/mol. The number of nitrogens with zero attached hydrogens (tertiary/aromatic N) is 1. The van der Waals surface area contributed by atoms with Crippen molar-refractivity contribution in [3.8, 4) is 0 Å². The van der Waals surface area contributed by atoms with E-state index in [1.165, 1.54) is 32.1 Å². The first-order chi connectivity index (χ1) is 9.74. The van der Waals surface area contributed by atoms with E-state index >= 15 is 0 Å². The van der Waals surface area contributed by atoms with Crippen LogP contribution in [-0.4, -0.2) is 56.7 Å². The zero-order valence-corrected chi connectivity index (χ0v) is 12.5. The van der Waals surface area contributed by atoms with Crippen molar-refractivity contribution in [3.63, 3.8) is 0 Å². The minimum absolute atomic E-state index is 0.0967. The standard InChI is InChI=1S/C15H29N3O2/c16-7-4-14(19)17-12-15(5-2-1-3-6-15)13-18-8-10-20-11-9-18/h1-13,16H2,(H,17,19). The fraction of sp³-hybridized carbons (Fsp3) is 0.933. The second-order valence-electron chi connectivity index (χ2n) is 6.26. The van der Waals surface area contributed by atoms with Crippen LogP contribution in [0.25, 0.3) is 0 Å². The molecule has 0 aromatic carbocycles. The second kappa shape index (κ2) is 7.96. The summed E-state index contributed by atoms with van der Waals surface area (Å²) in [5, 5.41) is 3.11. The van der Waals surface area contributed by atoms with Gasteiger partial charge in [-0.2, -0.15) is 0 Å². The van der Waals surface area contributed by atoms with Crippen LogP contribution in [0.15, 0.2) is 0 Å². The van der Waals surface area contributed by atoms with Crippen molar-refractivity contribution in [2.24, 2.45) is 11.1 Å². The maximum Gasteiger partial charge on any atom is 0.221 e. The summed E-state index contributed by atoms with van der Waals surface area (Å²) in [5.74, 6) is 0.0967. The molecule has 5 heteroatoms. The zero-order valence-electron chi connectivity index (χ0n) is 12.5. The first kappa shape index (κ1) is 15.7. The van der Waals surface area contributed by atoms with E-state index < -0.39 is 0 Å². The molecule has 0 aromatic heterocycles. The lowest BCUT2D eigenvalue weighted by Gasteiger charge is -2.42. The van der Waals surface area contributed by atoms with Gasteiger partial charge in [0.25, 0.3) is 0 Å². The minimum Gasteiger partial charge on any atom is -0.379 e. The number of carbonyl (C=O) groups is 1. The molecule has 1 aliphatic heterocycles. The Bertz CT molecular complexity index is 297. The lowest BCUT2D eigenvalue weighted by molar-refractivity contribution is -0.121. The molecular formula is C15H29N3O2. The third-order valence-corrected chi connectivity index (χ3v) is 4.61. The predicted molar refractivity (Wildman–Crippen MR) is 79.5 cm³/mol. The Morgan fingerprint density at radius 3 is 2.55 bits per heavy atom. The highest BCUT2D eigenvalue weighted by atomic mass is 16.5. The normalized spacial score (nSPS) is 23.4. The number of rotatable bonds is 6. The largest absolute Gasteiger partial charge is 0.379 e. The highest BCUT2D eigenvalue weighted by Crippen LogP contribution is 2.36. The van der Waals surface area contributed by atoms with Crippen molar-refractivity contribution >= 4 is 5.91 Å². The van der Waals surface area contributed by atoms with Crippen molar-refractivity contribution in [1.29, 1.82) is 0 Å². The molecule has 1 heterocycles. The molecule has 0 spiro atoms. The summed E-state index contributed by atoms with van der Waals surface area (Å²) in [5.41, 5.74) is 5.70. The molecule has 2 aliphatic rings. The van der Waals surface area contributed by atoms with Crippen molar-refractivity contribution in [3.05, 3.63) is 0 Å². The van der Waals surface area contributed by atoms with Gasteiger partial charge in [-0.3, -0.25) is 9.69 Å². The van der Waals surface area contributed by atoms with Gasteiger partial charge >= 0.3 is 0 Å². The molecule has 20 heavy (non-hydrogen) atoms. The second-order valence-corrected chi connectivity index (χ2v) is 6.26. The average Bonchev–Trinajstić information content (AvgIpc) is 2.48. The molecule has 0 bridgehead atoms. The summed E-state index contributed by atoms with van der Waals surface area (Å²) in [6, 6.07) is 0. The molecule has 1 aliphatic carbocycles. The molecule has 2 rings (SSSR count). The van der Waals surface area contributed by atoms with E-state index in [0.29, 0.717) is 13.0 Å². The summed E-state index contributed by atoms with van der Waals surface area (Å²) in [6.45, 7) is 6.08. The smallest absolute Gasteiger partial charge is 0.221 e. The summed E-state index contributed by atoms with van der Waals surface area (Å²) < 4.78 is 5.43. The van der Waals surface area contributed by atoms with Gasteiger partial charge in [-0.25, -0.2) is 0 Å². The highest BCUT2D eigenvalue weighted by molar-refractivity contribution is 5.76. The van der Waals surface area contributed by atoms with Crippen LogP contribution in [0.4, 0.5) is 0 Å². The molecule has 0 aromatic rings. The summed E-state index contributed by atoms with van der Waals surface area (Å²) in [7, 11) is 0. The zero-order chi connectivity index (χ0) is 14.3. The molecule has 5 nitrogen and oxygen atoms in total. The Kier molecular flexibility index (Phi) is 6.26. The van der Waals surface area contributed by atoms with E-state index in [9.17, 15) is 4.79 Å². The van der Waals surface area contributed by atoms with Crippen LogP contribution in [0.5, 0.6) is 0 Å². The lowest BCUT2D eigenvalue weighted by Crippen LogP contribution is -2.49. The maximum atomic E-state index is 11.7. The number of nitrogens with two attached hydrogens (primary N) is 1. The van der Waals surface area contributed by atoms with Gasteiger partial charge in [0.1, 0.15) is 0 Å². The Balaban J connectivity index is 1.88. The van der Waals surface area contributed by atoms with E-state index in [1.807, 2.05) is 0 Å². The van der Waals surface area contributed by atoms with Crippen LogP contribution in [0.3, 0.4) is 0 Å². The molecule has 1 saturated carbocycles. The number of nitrogens with one attached hydrogen (secondary N) is 1. The van der Waals surface area contributed by atoms with Crippen LogP contribution in [0.1, 0.15) is 38.5 Å². The first-order valence-electron chi connectivity index (χ1n) is 8.01. The summed E-state index contributed by atoms with van der Waals surface area (Å²) >= 11 is 0. The molecule has 0 atom stereocenters. The highest BCUT2D eigenvalue weighted by Gasteiger charge is 2.34. The molecule has 1 amide bonds. The maximum absolute atomic E-state index is 11.7. The van der Waals surface area contributed by atoms with Crippen molar-refractivity contribution in [2.75, 3.05) is 45.9 Å². The van der Waals surface area contributed by atoms with Crippen LogP contribution >= 0.6 is 0 Å². The van der Waals surface area contributed by atoms with E-state index in [-0.39, 0.29) is 11.3 Å². The van der Waals surface area contributed by atoms with Gasteiger partial charge in [0, 0.05) is 44.6 Å². The first-order valence-corrected chi connectivity index (χ1v) is 8.01. The SMILES string of the molecule is NCCC(=O)NCC1(CN2CCOCC2)CCCCC1. The van der Waals surface area contributed by atoms with E-state index in [4.69, 9.17) is 10.5 Å². The molecular weight excluding hydrogens is 254 g/mol. The third-order valence-electron chi connectivity index (χ3n) is 4.61. The molecule has 1 saturated heterocycles. The van der Waals surface area contributed by atoms with Gasteiger partial charge in [-0.1, -0.05) is 19.3 Å². The van der Waals surface area contributed by atoms with Crippen LogP contribution in [0, 0.1) is 5.41 Å². The Hall–Kier alpha value is -0.650. The number of amides is 1. The van der Waals surface area contributed by atoms with E-state index in [2.05, 4.69) is 10.2 Å². The molecule has 2 fully saturated rings. The summed E-state index contributed by atoms with van der Waals surface area (Å²) in [4.78, 5) is 14.2. The van der Waals surface area contributed by atoms with Gasteiger partial charge in [-0.05, 0) is 12.8 Å². The number of morpholine rings is 1. The average molecular weight is 283 g/mol. The Labute approximate surface area is 122 Å². The quantitative estimate of drug-likeness (QED) is 0.754. The van der Waals surface area contributed by atoms with Crippen LogP contribution in [-0.2, 0) is 9.53 Å². The third kappa shape index (κ3) is 4.72. The van der Waals surface area contributed by atoms with Crippen molar-refractivity contribution in [2.45, 2.75) is 38.5 Å². The Morgan fingerprint density at radius 1 is 1.20 bits per heavy atom. The predicted octanol–water partition coefficient (Wildman–Crippen LogP) is 0.734. The minimum atomic E-state index is 0.0967. The number of hydrogen-bond donors (Lipinski definition) is 2. The van der Waals surface area contributed by atoms with Crippen LogP contribution < -0.4 is 11.1 Å². The van der Waals surface area contributed by atoms with Crippen LogP contribution in [0.2, 0.25) is 0 Å². The Morgan fingerprint density at radius 2 is 1.90 bits per heavy atom. The molecule has 0 radical (unpaired) electrons. The number of ether oxygens (including phenoxy) is 1.